The molecule has 2 rings (SSSR count). The van der Waals surface area contributed by atoms with Crippen molar-refractivity contribution < 1.29 is 13.2 Å². The van der Waals surface area contributed by atoms with Gasteiger partial charge in [-0.2, -0.15) is 13.2 Å². The summed E-state index contributed by atoms with van der Waals surface area (Å²) in [6, 6.07) is 5.96. The summed E-state index contributed by atoms with van der Waals surface area (Å²) in [4.78, 5) is 0. The Morgan fingerprint density at radius 2 is 2.06 bits per heavy atom. The smallest absolute Gasteiger partial charge is 0.310 e. The molecule has 0 radical (unpaired) electrons. The summed E-state index contributed by atoms with van der Waals surface area (Å²) in [6.07, 6.45) is -3.12. The third-order valence-electron chi connectivity index (χ3n) is 2.93. The van der Waals surface area contributed by atoms with Crippen LogP contribution in [0.15, 0.2) is 24.3 Å². The van der Waals surface area contributed by atoms with Gasteiger partial charge in [-0.15, -0.1) is 0 Å². The molecule has 0 spiro atoms. The van der Waals surface area contributed by atoms with Crippen molar-refractivity contribution in [2.75, 3.05) is 0 Å². The van der Waals surface area contributed by atoms with E-state index in [0.717, 1.165) is 12.5 Å². The van der Waals surface area contributed by atoms with Crippen molar-refractivity contribution in [2.45, 2.75) is 32.1 Å². The molecule has 0 bridgehead atoms. The molecule has 0 heterocycles. The van der Waals surface area contributed by atoms with E-state index in [1.54, 1.807) is 6.07 Å². The Hall–Kier alpha value is -1.03. The van der Waals surface area contributed by atoms with E-state index >= 15 is 0 Å². The first-order valence-electron chi connectivity index (χ1n) is 5.36. The highest BCUT2D eigenvalue weighted by Crippen LogP contribution is 2.31. The standard InChI is InChI=1S/C12H14F3N/c1-8-5-11(8)16-7-9-3-2-4-10(6-9)12(13,14)15/h2-4,6,8,11,16H,5,7H2,1H3. The van der Waals surface area contributed by atoms with Crippen LogP contribution >= 0.6 is 0 Å². The molecular formula is C12H14F3N. The number of benzene rings is 1. The van der Waals surface area contributed by atoms with E-state index < -0.39 is 11.7 Å². The van der Waals surface area contributed by atoms with Crippen molar-refractivity contribution in [3.63, 3.8) is 0 Å². The molecule has 0 amide bonds. The van der Waals surface area contributed by atoms with Crippen molar-refractivity contribution in [3.8, 4) is 0 Å². The van der Waals surface area contributed by atoms with Crippen molar-refractivity contribution in [2.24, 2.45) is 5.92 Å². The molecule has 1 aliphatic carbocycles. The van der Waals surface area contributed by atoms with E-state index in [4.69, 9.17) is 0 Å². The lowest BCUT2D eigenvalue weighted by molar-refractivity contribution is -0.137. The van der Waals surface area contributed by atoms with Crippen LogP contribution in [0.2, 0.25) is 0 Å². The van der Waals surface area contributed by atoms with Crippen LogP contribution in [0.4, 0.5) is 13.2 Å². The SMILES string of the molecule is CC1CC1NCc1cccc(C(F)(F)F)c1. The second-order valence-corrected chi connectivity index (χ2v) is 4.40. The summed E-state index contributed by atoms with van der Waals surface area (Å²) in [5, 5.41) is 3.23. The molecule has 0 aromatic heterocycles. The van der Waals surface area contributed by atoms with Crippen LogP contribution in [0.3, 0.4) is 0 Å². The Bertz CT molecular complexity index is 373. The van der Waals surface area contributed by atoms with Crippen LogP contribution in [0.5, 0.6) is 0 Å². The normalized spacial score (nSPS) is 24.5. The third-order valence-corrected chi connectivity index (χ3v) is 2.93. The first kappa shape index (κ1) is 11.5. The van der Waals surface area contributed by atoms with E-state index in [1.807, 2.05) is 0 Å². The zero-order valence-corrected chi connectivity index (χ0v) is 9.01. The zero-order valence-electron chi connectivity index (χ0n) is 9.01. The predicted octanol–water partition coefficient (Wildman–Crippen LogP) is 3.20. The molecule has 2 unspecified atom stereocenters. The van der Waals surface area contributed by atoms with Crippen LogP contribution in [0.25, 0.3) is 0 Å². The molecule has 16 heavy (non-hydrogen) atoms. The average Bonchev–Trinajstić information content (AvgIpc) is 2.91. The van der Waals surface area contributed by atoms with Gasteiger partial charge in [0.05, 0.1) is 5.56 Å². The number of hydrogen-bond acceptors (Lipinski definition) is 1. The third kappa shape index (κ3) is 2.76. The predicted molar refractivity (Wildman–Crippen MR) is 55.9 cm³/mol. The Kier molecular flexibility index (Phi) is 2.93. The first-order valence-corrected chi connectivity index (χ1v) is 5.36. The van der Waals surface area contributed by atoms with Crippen LogP contribution in [-0.4, -0.2) is 6.04 Å². The van der Waals surface area contributed by atoms with Crippen LogP contribution < -0.4 is 5.32 Å². The number of nitrogens with one attached hydrogen (secondary N) is 1. The second-order valence-electron chi connectivity index (χ2n) is 4.40. The molecule has 1 fully saturated rings. The topological polar surface area (TPSA) is 12.0 Å². The minimum atomic E-state index is -4.25. The molecule has 1 aromatic carbocycles. The fraction of sp³-hybridized carbons (Fsp3) is 0.500. The van der Waals surface area contributed by atoms with Crippen molar-refractivity contribution in [3.05, 3.63) is 35.4 Å². The van der Waals surface area contributed by atoms with Gasteiger partial charge in [-0.1, -0.05) is 25.1 Å². The minimum absolute atomic E-state index is 0.481. The lowest BCUT2D eigenvalue weighted by atomic mass is 10.1. The van der Waals surface area contributed by atoms with Gasteiger partial charge in [-0.3, -0.25) is 0 Å². The molecule has 1 aliphatic rings. The van der Waals surface area contributed by atoms with E-state index in [-0.39, 0.29) is 0 Å². The fourth-order valence-electron chi connectivity index (χ4n) is 1.71. The van der Waals surface area contributed by atoms with Gasteiger partial charge < -0.3 is 5.32 Å². The highest BCUT2D eigenvalue weighted by atomic mass is 19.4. The van der Waals surface area contributed by atoms with Gasteiger partial charge in [0.15, 0.2) is 0 Å². The zero-order chi connectivity index (χ0) is 11.8. The van der Waals surface area contributed by atoms with Gasteiger partial charge in [-0.25, -0.2) is 0 Å². The molecule has 88 valence electrons. The fourth-order valence-corrected chi connectivity index (χ4v) is 1.71. The summed E-state index contributed by atoms with van der Waals surface area (Å²) in [6.45, 7) is 2.64. The van der Waals surface area contributed by atoms with Crippen molar-refractivity contribution in [1.29, 1.82) is 0 Å². The average molecular weight is 229 g/mol. The van der Waals surface area contributed by atoms with E-state index in [9.17, 15) is 13.2 Å². The number of hydrogen-bond donors (Lipinski definition) is 1. The summed E-state index contributed by atoms with van der Waals surface area (Å²) < 4.78 is 37.3. The lowest BCUT2D eigenvalue weighted by Crippen LogP contribution is -2.17. The van der Waals surface area contributed by atoms with Gasteiger partial charge in [0.1, 0.15) is 0 Å². The monoisotopic (exact) mass is 229 g/mol. The summed E-state index contributed by atoms with van der Waals surface area (Å²) in [5.74, 6) is 0.658. The van der Waals surface area contributed by atoms with Crippen molar-refractivity contribution in [1.82, 2.24) is 5.32 Å². The summed E-state index contributed by atoms with van der Waals surface area (Å²) >= 11 is 0. The van der Waals surface area contributed by atoms with E-state index in [2.05, 4.69) is 12.2 Å². The van der Waals surface area contributed by atoms with Crippen LogP contribution in [0.1, 0.15) is 24.5 Å². The molecule has 4 heteroatoms. The molecule has 1 N–H and O–H groups in total. The second kappa shape index (κ2) is 4.09. The first-order chi connectivity index (χ1) is 7.47. The molecule has 0 saturated heterocycles. The lowest BCUT2D eigenvalue weighted by Gasteiger charge is -2.09. The van der Waals surface area contributed by atoms with Crippen LogP contribution in [-0.2, 0) is 12.7 Å². The molecule has 1 aromatic rings. The number of alkyl halides is 3. The van der Waals surface area contributed by atoms with E-state index in [1.165, 1.54) is 12.1 Å². The highest BCUT2D eigenvalue weighted by molar-refractivity contribution is 5.25. The minimum Gasteiger partial charge on any atom is -0.310 e. The molecule has 2 atom stereocenters. The van der Waals surface area contributed by atoms with Gasteiger partial charge in [0, 0.05) is 12.6 Å². The van der Waals surface area contributed by atoms with E-state index in [0.29, 0.717) is 24.1 Å². The Morgan fingerprint density at radius 1 is 1.38 bits per heavy atom. The molecule has 1 saturated carbocycles. The highest BCUT2D eigenvalue weighted by Gasteiger charge is 2.32. The van der Waals surface area contributed by atoms with Crippen LogP contribution in [0, 0.1) is 5.92 Å². The Balaban J connectivity index is 1.99. The number of halogens is 3. The summed E-state index contributed by atoms with van der Waals surface area (Å²) in [7, 11) is 0. The quantitative estimate of drug-likeness (QED) is 0.839. The van der Waals surface area contributed by atoms with Crippen molar-refractivity contribution >= 4 is 0 Å². The molecule has 1 nitrogen and oxygen atoms in total. The maximum absolute atomic E-state index is 12.4. The summed E-state index contributed by atoms with van der Waals surface area (Å²) in [5.41, 5.74) is 0.115. The van der Waals surface area contributed by atoms with Gasteiger partial charge in [0.2, 0.25) is 0 Å². The Labute approximate surface area is 92.7 Å². The van der Waals surface area contributed by atoms with Gasteiger partial charge >= 0.3 is 6.18 Å². The number of rotatable bonds is 3. The maximum atomic E-state index is 12.4. The largest absolute Gasteiger partial charge is 0.416 e. The van der Waals surface area contributed by atoms with Gasteiger partial charge in [0.25, 0.3) is 0 Å². The molecular weight excluding hydrogens is 215 g/mol. The van der Waals surface area contributed by atoms with Gasteiger partial charge in [-0.05, 0) is 24.0 Å². The molecule has 0 aliphatic heterocycles. The Morgan fingerprint density at radius 3 is 2.62 bits per heavy atom. The maximum Gasteiger partial charge on any atom is 0.416 e.